The van der Waals surface area contributed by atoms with Crippen LogP contribution in [0.3, 0.4) is 0 Å². The Hall–Kier alpha value is -0.690. The molecule has 138 valence electrons. The highest BCUT2D eigenvalue weighted by Crippen LogP contribution is 2.20. The third kappa shape index (κ3) is 6.20. The van der Waals surface area contributed by atoms with Crippen molar-refractivity contribution in [3.63, 3.8) is 0 Å². The number of nitrogens with zero attached hydrogens (tertiary/aromatic N) is 3. The fourth-order valence-corrected chi connectivity index (χ4v) is 4.53. The Morgan fingerprint density at radius 3 is 2.72 bits per heavy atom. The third-order valence-corrected chi connectivity index (χ3v) is 6.47. The van der Waals surface area contributed by atoms with Crippen LogP contribution in [0.4, 0.5) is 0 Å². The Kier molecular flexibility index (Phi) is 7.98. The summed E-state index contributed by atoms with van der Waals surface area (Å²) in [6, 6.07) is 8.97. The van der Waals surface area contributed by atoms with E-state index in [1.807, 2.05) is 11.8 Å². The van der Waals surface area contributed by atoms with E-state index in [2.05, 4.69) is 40.3 Å². The van der Waals surface area contributed by atoms with Gasteiger partial charge in [0.1, 0.15) is 0 Å². The van der Waals surface area contributed by atoms with Crippen molar-refractivity contribution < 1.29 is 4.74 Å². The first kappa shape index (κ1) is 19.1. The number of morpholine rings is 1. The van der Waals surface area contributed by atoms with Crippen LogP contribution in [0.2, 0.25) is 0 Å². The molecule has 0 aromatic heterocycles. The largest absolute Gasteiger partial charge is 0.379 e. The number of rotatable bonds is 7. The molecule has 0 atom stereocenters. The number of thioether (sulfide) groups is 2. The van der Waals surface area contributed by atoms with Crippen LogP contribution < -0.4 is 0 Å². The first-order chi connectivity index (χ1) is 12.3. The maximum Gasteiger partial charge on any atom is 0.159 e. The van der Waals surface area contributed by atoms with Gasteiger partial charge in [0, 0.05) is 49.9 Å². The summed E-state index contributed by atoms with van der Waals surface area (Å²) >= 11 is 3.72. The maximum absolute atomic E-state index is 5.44. The van der Waals surface area contributed by atoms with E-state index in [0.29, 0.717) is 0 Å². The second-order valence-electron chi connectivity index (χ2n) is 6.44. The molecule has 0 radical (unpaired) electrons. The zero-order valence-corrected chi connectivity index (χ0v) is 16.8. The van der Waals surface area contributed by atoms with Crippen molar-refractivity contribution >= 4 is 28.7 Å². The summed E-state index contributed by atoms with van der Waals surface area (Å²) in [5.74, 6) is 1.20. The van der Waals surface area contributed by atoms with E-state index in [1.54, 1.807) is 11.8 Å². The smallest absolute Gasteiger partial charge is 0.159 e. The molecule has 0 spiro atoms. The topological polar surface area (TPSA) is 28.1 Å². The van der Waals surface area contributed by atoms with Crippen LogP contribution in [-0.2, 0) is 11.3 Å². The first-order valence-electron chi connectivity index (χ1n) is 9.20. The molecule has 1 aromatic rings. The molecular weight excluding hydrogens is 350 g/mol. The third-order valence-electron chi connectivity index (χ3n) is 4.59. The average Bonchev–Trinajstić information content (AvgIpc) is 2.69. The molecule has 0 amide bonds. The van der Waals surface area contributed by atoms with E-state index in [1.165, 1.54) is 34.2 Å². The minimum atomic E-state index is 0.883. The van der Waals surface area contributed by atoms with Gasteiger partial charge in [-0.25, -0.2) is 0 Å². The predicted octanol–water partition coefficient (Wildman–Crippen LogP) is 3.43. The molecule has 2 aliphatic rings. The van der Waals surface area contributed by atoms with Crippen molar-refractivity contribution in [2.75, 3.05) is 57.9 Å². The fraction of sp³-hybridized carbons (Fsp3) is 0.632. The quantitative estimate of drug-likeness (QED) is 0.677. The fourth-order valence-electron chi connectivity index (χ4n) is 3.14. The Morgan fingerprint density at radius 1 is 1.24 bits per heavy atom. The van der Waals surface area contributed by atoms with Crippen LogP contribution >= 0.6 is 23.5 Å². The van der Waals surface area contributed by atoms with Gasteiger partial charge in [0.25, 0.3) is 0 Å². The molecule has 6 heteroatoms. The van der Waals surface area contributed by atoms with Crippen molar-refractivity contribution in [3.8, 4) is 0 Å². The van der Waals surface area contributed by atoms with Crippen LogP contribution in [0.25, 0.3) is 0 Å². The summed E-state index contributed by atoms with van der Waals surface area (Å²) in [6.45, 7) is 8.09. The minimum Gasteiger partial charge on any atom is -0.379 e. The van der Waals surface area contributed by atoms with Gasteiger partial charge in [0.2, 0.25) is 0 Å². The van der Waals surface area contributed by atoms with Gasteiger partial charge in [-0.1, -0.05) is 23.9 Å². The monoisotopic (exact) mass is 379 g/mol. The molecule has 2 heterocycles. The average molecular weight is 380 g/mol. The normalized spacial score (nSPS) is 18.8. The van der Waals surface area contributed by atoms with E-state index >= 15 is 0 Å². The zero-order chi connectivity index (χ0) is 17.3. The molecule has 25 heavy (non-hydrogen) atoms. The van der Waals surface area contributed by atoms with Crippen LogP contribution in [0, 0.1) is 0 Å². The summed E-state index contributed by atoms with van der Waals surface area (Å²) in [6.07, 6.45) is 4.51. The summed E-state index contributed by atoms with van der Waals surface area (Å²) in [5.41, 5.74) is 1.37. The van der Waals surface area contributed by atoms with Gasteiger partial charge in [0.05, 0.1) is 13.2 Å². The molecule has 2 aliphatic heterocycles. The second-order valence-corrected chi connectivity index (χ2v) is 8.39. The Bertz CT molecular complexity index is 544. The maximum atomic E-state index is 5.44. The van der Waals surface area contributed by atoms with Gasteiger partial charge in [0.15, 0.2) is 5.17 Å². The van der Waals surface area contributed by atoms with Crippen molar-refractivity contribution in [2.45, 2.75) is 24.3 Å². The lowest BCUT2D eigenvalue weighted by Crippen LogP contribution is -2.39. The van der Waals surface area contributed by atoms with Gasteiger partial charge in [-0.05, 0) is 36.8 Å². The Morgan fingerprint density at radius 2 is 2.04 bits per heavy atom. The van der Waals surface area contributed by atoms with Gasteiger partial charge in [-0.2, -0.15) is 0 Å². The van der Waals surface area contributed by atoms with Gasteiger partial charge < -0.3 is 9.64 Å². The summed E-state index contributed by atoms with van der Waals surface area (Å²) < 4.78 is 5.44. The lowest BCUT2D eigenvalue weighted by Gasteiger charge is -2.30. The lowest BCUT2D eigenvalue weighted by molar-refractivity contribution is 0.0368. The van der Waals surface area contributed by atoms with Crippen LogP contribution in [0.15, 0.2) is 34.2 Å². The number of benzene rings is 1. The Labute approximate surface area is 160 Å². The SMILES string of the molecule is CSc1ccc(CN(CCCN2CCOCC2)C2=NCCCS2)cc1. The standard InChI is InChI=1S/C19H29N3OS2/c1-24-18-6-4-17(5-7-18)16-22(19-20-8-2-15-25-19)10-3-9-21-11-13-23-14-12-21/h4-7H,2-3,8-16H2,1H3. The molecule has 1 aromatic carbocycles. The van der Waals surface area contributed by atoms with E-state index < -0.39 is 0 Å². The number of hydrogen-bond acceptors (Lipinski definition) is 6. The highest BCUT2D eigenvalue weighted by atomic mass is 32.2. The molecule has 0 saturated carbocycles. The summed E-state index contributed by atoms with van der Waals surface area (Å²) in [7, 11) is 0. The number of hydrogen-bond donors (Lipinski definition) is 0. The zero-order valence-electron chi connectivity index (χ0n) is 15.2. The van der Waals surface area contributed by atoms with E-state index in [0.717, 1.165) is 52.5 Å². The van der Waals surface area contributed by atoms with Crippen LogP contribution in [0.1, 0.15) is 18.4 Å². The first-order valence-corrected chi connectivity index (χ1v) is 11.4. The molecular formula is C19H29N3OS2. The van der Waals surface area contributed by atoms with Crippen LogP contribution in [0.5, 0.6) is 0 Å². The molecule has 3 rings (SSSR count). The number of amidine groups is 1. The summed E-state index contributed by atoms with van der Waals surface area (Å²) in [5, 5.41) is 1.24. The highest BCUT2D eigenvalue weighted by molar-refractivity contribution is 8.13. The molecule has 1 fully saturated rings. The second kappa shape index (κ2) is 10.5. The minimum absolute atomic E-state index is 0.883. The molecule has 0 aliphatic carbocycles. The highest BCUT2D eigenvalue weighted by Gasteiger charge is 2.16. The van der Waals surface area contributed by atoms with Crippen molar-refractivity contribution in [1.82, 2.24) is 9.80 Å². The molecule has 0 N–H and O–H groups in total. The molecule has 0 unspecified atom stereocenters. The predicted molar refractivity (Wildman–Crippen MR) is 110 cm³/mol. The molecule has 1 saturated heterocycles. The van der Waals surface area contributed by atoms with Gasteiger partial charge in [-0.3, -0.25) is 9.89 Å². The lowest BCUT2D eigenvalue weighted by atomic mass is 10.2. The number of aliphatic imine (C=N–C) groups is 1. The van der Waals surface area contributed by atoms with E-state index in [9.17, 15) is 0 Å². The van der Waals surface area contributed by atoms with E-state index in [4.69, 9.17) is 9.73 Å². The Balaban J connectivity index is 1.57. The van der Waals surface area contributed by atoms with Crippen molar-refractivity contribution in [3.05, 3.63) is 29.8 Å². The van der Waals surface area contributed by atoms with Gasteiger partial charge in [-0.15, -0.1) is 11.8 Å². The van der Waals surface area contributed by atoms with Crippen molar-refractivity contribution in [1.29, 1.82) is 0 Å². The summed E-state index contributed by atoms with van der Waals surface area (Å²) in [4.78, 5) is 11.1. The molecule has 4 nitrogen and oxygen atoms in total. The number of ether oxygens (including phenoxy) is 1. The van der Waals surface area contributed by atoms with Crippen molar-refractivity contribution in [2.24, 2.45) is 4.99 Å². The van der Waals surface area contributed by atoms with Crippen LogP contribution in [-0.4, -0.2) is 72.9 Å². The van der Waals surface area contributed by atoms with Gasteiger partial charge >= 0.3 is 0 Å². The van der Waals surface area contributed by atoms with E-state index in [-0.39, 0.29) is 0 Å². The molecule has 0 bridgehead atoms.